The highest BCUT2D eigenvalue weighted by Gasteiger charge is 2.43. The van der Waals surface area contributed by atoms with Crippen molar-refractivity contribution >= 4 is 0 Å². The van der Waals surface area contributed by atoms with Crippen molar-refractivity contribution < 1.29 is 9.84 Å². The fraction of sp³-hybridized carbons (Fsp3) is 0.455. The minimum atomic E-state index is 0.149. The summed E-state index contributed by atoms with van der Waals surface area (Å²) in [5.74, 6) is 1.17. The van der Waals surface area contributed by atoms with Crippen LogP contribution in [-0.2, 0) is 5.41 Å². The summed E-state index contributed by atoms with van der Waals surface area (Å²) >= 11 is 0. The third-order valence-electron chi connectivity index (χ3n) is 2.83. The number of aromatic hydroxyl groups is 1. The van der Waals surface area contributed by atoms with Gasteiger partial charge in [-0.15, -0.1) is 0 Å². The van der Waals surface area contributed by atoms with Crippen molar-refractivity contribution in [2.75, 3.05) is 7.11 Å². The molecule has 1 aromatic rings. The first-order chi connectivity index (χ1) is 6.17. The molecular weight excluding hydrogens is 164 g/mol. The summed E-state index contributed by atoms with van der Waals surface area (Å²) in [6.07, 6.45) is 2.28. The number of methoxy groups -OCH3 is 1. The second-order valence-electron chi connectivity index (χ2n) is 3.92. The van der Waals surface area contributed by atoms with E-state index >= 15 is 0 Å². The maximum atomic E-state index is 9.72. The third-order valence-corrected chi connectivity index (χ3v) is 2.83. The van der Waals surface area contributed by atoms with Crippen molar-refractivity contribution in [2.45, 2.75) is 25.2 Å². The predicted octanol–water partition coefficient (Wildman–Crippen LogP) is 2.45. The highest BCUT2D eigenvalue weighted by Crippen LogP contribution is 2.53. The van der Waals surface area contributed by atoms with Crippen molar-refractivity contribution in [3.63, 3.8) is 0 Å². The SMILES string of the molecule is COc1cccc(O)c1C1(C)CC1. The molecule has 2 heteroatoms. The van der Waals surface area contributed by atoms with Crippen LogP contribution >= 0.6 is 0 Å². The average molecular weight is 178 g/mol. The van der Waals surface area contributed by atoms with Crippen LogP contribution in [0.15, 0.2) is 18.2 Å². The Bertz CT molecular complexity index is 327. The van der Waals surface area contributed by atoms with Crippen LogP contribution in [0.2, 0.25) is 0 Å². The minimum Gasteiger partial charge on any atom is -0.508 e. The van der Waals surface area contributed by atoms with Gasteiger partial charge in [-0.2, -0.15) is 0 Å². The van der Waals surface area contributed by atoms with E-state index in [0.717, 1.165) is 24.2 Å². The quantitative estimate of drug-likeness (QED) is 0.753. The van der Waals surface area contributed by atoms with E-state index in [1.165, 1.54) is 0 Å². The zero-order valence-electron chi connectivity index (χ0n) is 8.00. The fourth-order valence-electron chi connectivity index (χ4n) is 1.73. The van der Waals surface area contributed by atoms with Gasteiger partial charge in [-0.1, -0.05) is 13.0 Å². The Morgan fingerprint density at radius 1 is 1.38 bits per heavy atom. The molecule has 13 heavy (non-hydrogen) atoms. The van der Waals surface area contributed by atoms with Crippen molar-refractivity contribution in [1.82, 2.24) is 0 Å². The number of hydrogen-bond donors (Lipinski definition) is 1. The van der Waals surface area contributed by atoms with Gasteiger partial charge in [-0.25, -0.2) is 0 Å². The van der Waals surface area contributed by atoms with E-state index < -0.39 is 0 Å². The molecule has 0 bridgehead atoms. The zero-order valence-corrected chi connectivity index (χ0v) is 8.00. The van der Waals surface area contributed by atoms with E-state index in [4.69, 9.17) is 4.74 Å². The fourth-order valence-corrected chi connectivity index (χ4v) is 1.73. The van der Waals surface area contributed by atoms with Crippen molar-refractivity contribution in [2.24, 2.45) is 0 Å². The number of rotatable bonds is 2. The average Bonchev–Trinajstić information content (AvgIpc) is 2.84. The van der Waals surface area contributed by atoms with E-state index in [-0.39, 0.29) is 5.41 Å². The Morgan fingerprint density at radius 2 is 2.08 bits per heavy atom. The van der Waals surface area contributed by atoms with Gasteiger partial charge in [-0.3, -0.25) is 0 Å². The zero-order chi connectivity index (χ0) is 9.47. The summed E-state index contributed by atoms with van der Waals surface area (Å²) in [7, 11) is 1.64. The summed E-state index contributed by atoms with van der Waals surface area (Å²) in [4.78, 5) is 0. The predicted molar refractivity (Wildman–Crippen MR) is 51.2 cm³/mol. The van der Waals surface area contributed by atoms with Gasteiger partial charge in [-0.05, 0) is 30.4 Å². The summed E-state index contributed by atoms with van der Waals surface area (Å²) in [5.41, 5.74) is 1.12. The Kier molecular flexibility index (Phi) is 1.72. The monoisotopic (exact) mass is 178 g/mol. The topological polar surface area (TPSA) is 29.5 Å². The van der Waals surface area contributed by atoms with Crippen LogP contribution < -0.4 is 4.74 Å². The van der Waals surface area contributed by atoms with Gasteiger partial charge in [0.25, 0.3) is 0 Å². The number of phenols is 1. The van der Waals surface area contributed by atoms with Crippen LogP contribution in [0.4, 0.5) is 0 Å². The molecule has 0 heterocycles. The van der Waals surface area contributed by atoms with Gasteiger partial charge in [0.1, 0.15) is 11.5 Å². The maximum absolute atomic E-state index is 9.72. The molecule has 0 aliphatic heterocycles. The molecule has 0 amide bonds. The summed E-state index contributed by atoms with van der Waals surface area (Å²) in [6, 6.07) is 5.43. The molecular formula is C11H14O2. The van der Waals surface area contributed by atoms with Crippen molar-refractivity contribution in [3.8, 4) is 11.5 Å². The van der Waals surface area contributed by atoms with Crippen molar-refractivity contribution in [3.05, 3.63) is 23.8 Å². The van der Waals surface area contributed by atoms with Crippen LogP contribution in [-0.4, -0.2) is 12.2 Å². The molecule has 1 fully saturated rings. The lowest BCUT2D eigenvalue weighted by Crippen LogP contribution is -2.03. The first-order valence-electron chi connectivity index (χ1n) is 4.54. The lowest BCUT2D eigenvalue weighted by molar-refractivity contribution is 0.393. The van der Waals surface area contributed by atoms with Crippen LogP contribution in [0.5, 0.6) is 11.5 Å². The Hall–Kier alpha value is -1.18. The minimum absolute atomic E-state index is 0.149. The second kappa shape index (κ2) is 2.66. The molecule has 70 valence electrons. The van der Waals surface area contributed by atoms with E-state index in [2.05, 4.69) is 6.92 Å². The van der Waals surface area contributed by atoms with Crippen LogP contribution in [0.25, 0.3) is 0 Å². The number of hydrogen-bond acceptors (Lipinski definition) is 2. The standard InChI is InChI=1S/C11H14O2/c1-11(6-7-11)10-8(12)4-3-5-9(10)13-2/h3-5,12H,6-7H2,1-2H3. The van der Waals surface area contributed by atoms with Gasteiger partial charge in [0, 0.05) is 5.56 Å². The summed E-state index contributed by atoms with van der Waals surface area (Å²) in [5, 5.41) is 9.72. The largest absolute Gasteiger partial charge is 0.508 e. The van der Waals surface area contributed by atoms with Gasteiger partial charge < -0.3 is 9.84 Å². The Morgan fingerprint density at radius 3 is 2.62 bits per heavy atom. The van der Waals surface area contributed by atoms with Crippen LogP contribution in [0.3, 0.4) is 0 Å². The molecule has 1 aromatic carbocycles. The molecule has 1 saturated carbocycles. The van der Waals surface area contributed by atoms with Crippen LogP contribution in [0, 0.1) is 0 Å². The molecule has 1 N–H and O–H groups in total. The van der Waals surface area contributed by atoms with E-state index in [9.17, 15) is 5.11 Å². The molecule has 0 radical (unpaired) electrons. The summed E-state index contributed by atoms with van der Waals surface area (Å²) < 4.78 is 5.23. The molecule has 0 aromatic heterocycles. The molecule has 2 rings (SSSR count). The number of ether oxygens (including phenoxy) is 1. The highest BCUT2D eigenvalue weighted by atomic mass is 16.5. The molecule has 0 saturated heterocycles. The highest BCUT2D eigenvalue weighted by molar-refractivity contribution is 5.51. The van der Waals surface area contributed by atoms with E-state index in [0.29, 0.717) is 5.75 Å². The molecule has 1 aliphatic rings. The first kappa shape index (κ1) is 8.42. The van der Waals surface area contributed by atoms with E-state index in [1.54, 1.807) is 13.2 Å². The lowest BCUT2D eigenvalue weighted by atomic mass is 9.96. The van der Waals surface area contributed by atoms with Gasteiger partial charge in [0.15, 0.2) is 0 Å². The molecule has 1 aliphatic carbocycles. The summed E-state index contributed by atoms with van der Waals surface area (Å²) in [6.45, 7) is 2.16. The van der Waals surface area contributed by atoms with Crippen molar-refractivity contribution in [1.29, 1.82) is 0 Å². The molecule has 2 nitrogen and oxygen atoms in total. The molecule has 0 atom stereocenters. The second-order valence-corrected chi connectivity index (χ2v) is 3.92. The molecule has 0 unspecified atom stereocenters. The normalized spacial score (nSPS) is 18.3. The number of phenolic OH excluding ortho intramolecular Hbond substituents is 1. The smallest absolute Gasteiger partial charge is 0.126 e. The van der Waals surface area contributed by atoms with E-state index in [1.807, 2.05) is 12.1 Å². The van der Waals surface area contributed by atoms with Gasteiger partial charge in [0.2, 0.25) is 0 Å². The third kappa shape index (κ3) is 1.26. The van der Waals surface area contributed by atoms with Gasteiger partial charge >= 0.3 is 0 Å². The Labute approximate surface area is 78.2 Å². The van der Waals surface area contributed by atoms with Crippen LogP contribution in [0.1, 0.15) is 25.3 Å². The Balaban J connectivity index is 2.52. The van der Waals surface area contributed by atoms with Gasteiger partial charge in [0.05, 0.1) is 7.11 Å². The maximum Gasteiger partial charge on any atom is 0.126 e. The lowest BCUT2D eigenvalue weighted by Gasteiger charge is -2.15. The molecule has 0 spiro atoms. The number of benzene rings is 1. The first-order valence-corrected chi connectivity index (χ1v) is 4.54.